The van der Waals surface area contributed by atoms with Crippen molar-refractivity contribution in [3.63, 3.8) is 0 Å². The van der Waals surface area contributed by atoms with Gasteiger partial charge in [0.05, 0.1) is 21.3 Å². The Balaban J connectivity index is 2.84. The zero-order chi connectivity index (χ0) is 15.8. The Morgan fingerprint density at radius 2 is 1.76 bits per heavy atom. The number of carbonyl (C=O) groups excluding carboxylic acids is 1. The standard InChI is InChI=1S/C15H24N2O4/c1-5-11(16)6-7-17-15(18)10-8-12(19-2)14(21-4)13(9-10)20-3/h8-9,11H,5-7,16H2,1-4H3,(H,17,18). The summed E-state index contributed by atoms with van der Waals surface area (Å²) in [6, 6.07) is 3.35. The molecule has 0 aliphatic heterocycles. The number of nitrogens with two attached hydrogens (primary N) is 1. The molecule has 1 aromatic rings. The van der Waals surface area contributed by atoms with Crippen molar-refractivity contribution in [2.45, 2.75) is 25.8 Å². The van der Waals surface area contributed by atoms with Crippen LogP contribution in [0.5, 0.6) is 17.2 Å². The fourth-order valence-electron chi connectivity index (χ4n) is 1.89. The van der Waals surface area contributed by atoms with E-state index in [1.165, 1.54) is 21.3 Å². The molecular formula is C15H24N2O4. The molecule has 0 bridgehead atoms. The number of ether oxygens (including phenoxy) is 3. The van der Waals surface area contributed by atoms with Crippen LogP contribution in [-0.4, -0.2) is 39.8 Å². The van der Waals surface area contributed by atoms with E-state index in [1.807, 2.05) is 6.92 Å². The van der Waals surface area contributed by atoms with Crippen LogP contribution in [0.4, 0.5) is 0 Å². The summed E-state index contributed by atoms with van der Waals surface area (Å²) in [7, 11) is 4.55. The van der Waals surface area contributed by atoms with E-state index in [4.69, 9.17) is 19.9 Å². The number of nitrogens with one attached hydrogen (secondary N) is 1. The zero-order valence-corrected chi connectivity index (χ0v) is 13.1. The van der Waals surface area contributed by atoms with Crippen molar-refractivity contribution in [3.8, 4) is 17.2 Å². The van der Waals surface area contributed by atoms with E-state index in [0.29, 0.717) is 29.4 Å². The van der Waals surface area contributed by atoms with Crippen molar-refractivity contribution in [3.05, 3.63) is 17.7 Å². The third-order valence-electron chi connectivity index (χ3n) is 3.25. The lowest BCUT2D eigenvalue weighted by Crippen LogP contribution is -2.30. The van der Waals surface area contributed by atoms with Gasteiger partial charge in [0.2, 0.25) is 5.75 Å². The van der Waals surface area contributed by atoms with Crippen molar-refractivity contribution < 1.29 is 19.0 Å². The van der Waals surface area contributed by atoms with E-state index in [-0.39, 0.29) is 11.9 Å². The predicted octanol–water partition coefficient (Wildman–Crippen LogP) is 1.57. The van der Waals surface area contributed by atoms with Crippen molar-refractivity contribution in [2.24, 2.45) is 5.73 Å². The lowest BCUT2D eigenvalue weighted by Gasteiger charge is -2.14. The number of methoxy groups -OCH3 is 3. The lowest BCUT2D eigenvalue weighted by molar-refractivity contribution is 0.0951. The number of hydrogen-bond acceptors (Lipinski definition) is 5. The van der Waals surface area contributed by atoms with Gasteiger partial charge in [-0.15, -0.1) is 0 Å². The largest absolute Gasteiger partial charge is 0.493 e. The molecule has 0 spiro atoms. The maximum Gasteiger partial charge on any atom is 0.251 e. The smallest absolute Gasteiger partial charge is 0.251 e. The van der Waals surface area contributed by atoms with Gasteiger partial charge in [-0.05, 0) is 25.0 Å². The summed E-state index contributed by atoms with van der Waals surface area (Å²) in [5.41, 5.74) is 6.27. The second-order valence-electron chi connectivity index (χ2n) is 4.63. The number of amides is 1. The second kappa shape index (κ2) is 8.36. The van der Waals surface area contributed by atoms with Gasteiger partial charge in [0, 0.05) is 18.2 Å². The fourth-order valence-corrected chi connectivity index (χ4v) is 1.89. The summed E-state index contributed by atoms with van der Waals surface area (Å²) < 4.78 is 15.7. The Labute approximate surface area is 125 Å². The minimum absolute atomic E-state index is 0.102. The van der Waals surface area contributed by atoms with Crippen LogP contribution in [0, 0.1) is 0 Å². The first kappa shape index (κ1) is 17.1. The summed E-state index contributed by atoms with van der Waals surface area (Å²) in [6.45, 7) is 2.55. The Bertz CT molecular complexity index is 452. The normalized spacial score (nSPS) is 11.7. The van der Waals surface area contributed by atoms with Crippen LogP contribution in [0.3, 0.4) is 0 Å². The molecule has 0 heterocycles. The van der Waals surface area contributed by atoms with Gasteiger partial charge in [0.1, 0.15) is 0 Å². The van der Waals surface area contributed by atoms with Gasteiger partial charge in [-0.25, -0.2) is 0 Å². The van der Waals surface area contributed by atoms with Gasteiger partial charge < -0.3 is 25.3 Å². The molecule has 0 fully saturated rings. The Morgan fingerprint density at radius 1 is 1.19 bits per heavy atom. The number of carbonyl (C=O) groups is 1. The van der Waals surface area contributed by atoms with Crippen LogP contribution >= 0.6 is 0 Å². The summed E-state index contributed by atoms with van der Waals surface area (Å²) >= 11 is 0. The maximum absolute atomic E-state index is 12.1. The highest BCUT2D eigenvalue weighted by Crippen LogP contribution is 2.38. The molecule has 0 radical (unpaired) electrons. The highest BCUT2D eigenvalue weighted by Gasteiger charge is 2.16. The number of hydrogen-bond donors (Lipinski definition) is 2. The van der Waals surface area contributed by atoms with E-state index >= 15 is 0 Å². The lowest BCUT2D eigenvalue weighted by atomic mass is 10.1. The molecule has 3 N–H and O–H groups in total. The molecule has 1 aromatic carbocycles. The summed E-state index contributed by atoms with van der Waals surface area (Å²) in [5.74, 6) is 1.17. The van der Waals surface area contributed by atoms with Gasteiger partial charge in [0.25, 0.3) is 5.91 Å². The molecule has 1 atom stereocenters. The molecule has 0 aromatic heterocycles. The van der Waals surface area contributed by atoms with Gasteiger partial charge in [-0.3, -0.25) is 4.79 Å². The van der Waals surface area contributed by atoms with Crippen molar-refractivity contribution in [1.29, 1.82) is 0 Å². The van der Waals surface area contributed by atoms with Gasteiger partial charge >= 0.3 is 0 Å². The summed E-state index contributed by atoms with van der Waals surface area (Å²) in [6.07, 6.45) is 1.63. The molecule has 0 aliphatic carbocycles. The van der Waals surface area contributed by atoms with Crippen LogP contribution in [0.15, 0.2) is 12.1 Å². The minimum atomic E-state index is -0.197. The Morgan fingerprint density at radius 3 is 2.19 bits per heavy atom. The monoisotopic (exact) mass is 296 g/mol. The fraction of sp³-hybridized carbons (Fsp3) is 0.533. The molecule has 0 saturated carbocycles. The third-order valence-corrected chi connectivity index (χ3v) is 3.25. The highest BCUT2D eigenvalue weighted by atomic mass is 16.5. The van der Waals surface area contributed by atoms with E-state index in [1.54, 1.807) is 12.1 Å². The summed E-state index contributed by atoms with van der Waals surface area (Å²) in [5, 5.41) is 2.83. The minimum Gasteiger partial charge on any atom is -0.493 e. The van der Waals surface area contributed by atoms with Gasteiger partial charge in [-0.2, -0.15) is 0 Å². The second-order valence-corrected chi connectivity index (χ2v) is 4.63. The molecule has 1 unspecified atom stereocenters. The van der Waals surface area contributed by atoms with Crippen LogP contribution in [0.2, 0.25) is 0 Å². The van der Waals surface area contributed by atoms with Crippen LogP contribution in [0.25, 0.3) is 0 Å². The van der Waals surface area contributed by atoms with E-state index in [2.05, 4.69) is 5.32 Å². The topological polar surface area (TPSA) is 82.8 Å². The highest BCUT2D eigenvalue weighted by molar-refractivity contribution is 5.95. The van der Waals surface area contributed by atoms with Crippen molar-refractivity contribution in [1.82, 2.24) is 5.32 Å². The molecule has 1 amide bonds. The number of rotatable bonds is 8. The van der Waals surface area contributed by atoms with E-state index in [9.17, 15) is 4.79 Å². The van der Waals surface area contributed by atoms with E-state index in [0.717, 1.165) is 12.8 Å². The van der Waals surface area contributed by atoms with Crippen molar-refractivity contribution in [2.75, 3.05) is 27.9 Å². The van der Waals surface area contributed by atoms with Crippen molar-refractivity contribution >= 4 is 5.91 Å². The first-order chi connectivity index (χ1) is 10.1. The Kier molecular flexibility index (Phi) is 6.81. The molecule has 6 nitrogen and oxygen atoms in total. The van der Waals surface area contributed by atoms with Crippen LogP contribution < -0.4 is 25.3 Å². The maximum atomic E-state index is 12.1. The SMILES string of the molecule is CCC(N)CCNC(=O)c1cc(OC)c(OC)c(OC)c1. The molecule has 0 aliphatic rings. The molecular weight excluding hydrogens is 272 g/mol. The van der Waals surface area contributed by atoms with Crippen LogP contribution in [-0.2, 0) is 0 Å². The Hall–Kier alpha value is -1.95. The van der Waals surface area contributed by atoms with E-state index < -0.39 is 0 Å². The molecule has 0 saturated heterocycles. The molecule has 6 heteroatoms. The molecule has 118 valence electrons. The van der Waals surface area contributed by atoms with Gasteiger partial charge in [-0.1, -0.05) is 6.92 Å². The third kappa shape index (κ3) is 4.53. The molecule has 21 heavy (non-hydrogen) atoms. The van der Waals surface area contributed by atoms with Gasteiger partial charge in [0.15, 0.2) is 11.5 Å². The number of benzene rings is 1. The average Bonchev–Trinajstić information content (AvgIpc) is 2.52. The van der Waals surface area contributed by atoms with Crippen LogP contribution in [0.1, 0.15) is 30.1 Å². The summed E-state index contributed by atoms with van der Waals surface area (Å²) in [4.78, 5) is 12.1. The first-order valence-corrected chi connectivity index (χ1v) is 6.91. The predicted molar refractivity (Wildman–Crippen MR) is 81.3 cm³/mol. The first-order valence-electron chi connectivity index (χ1n) is 6.91. The quantitative estimate of drug-likeness (QED) is 0.761. The molecule has 1 rings (SSSR count). The zero-order valence-electron chi connectivity index (χ0n) is 13.1. The average molecular weight is 296 g/mol.